The van der Waals surface area contributed by atoms with Gasteiger partial charge in [0.2, 0.25) is 60.1 Å². The second-order valence-electron chi connectivity index (χ2n) is 11.1. The third-order valence-corrected chi connectivity index (χ3v) is 12.0. The lowest BCUT2D eigenvalue weighted by Gasteiger charge is -1.93. The summed E-state index contributed by atoms with van der Waals surface area (Å²) in [6.45, 7) is 0. The summed E-state index contributed by atoms with van der Waals surface area (Å²) >= 11 is 0. The zero-order chi connectivity index (χ0) is 45.7. The molecule has 0 aliphatic heterocycles. The molecule has 0 unspecified atom stereocenters. The number of nitrogens with two attached hydrogens (primary N) is 6. The van der Waals surface area contributed by atoms with Gasteiger partial charge in [-0.2, -0.15) is 0 Å². The van der Waals surface area contributed by atoms with Gasteiger partial charge in [-0.3, -0.25) is 0 Å². The second-order valence-corrected chi connectivity index (χ2v) is 20.5. The molecule has 0 fully saturated rings. The Kier molecular flexibility index (Phi) is 21.2. The molecule has 6 rings (SSSR count). The van der Waals surface area contributed by atoms with Crippen LogP contribution in [0.15, 0.2) is 211 Å². The number of hydrogen-bond acceptors (Lipinski definition) is 12. The molecular weight excluding hydrogens is 901 g/mol. The first-order valence-electron chi connectivity index (χ1n) is 16.1. The summed E-state index contributed by atoms with van der Waals surface area (Å²) in [4.78, 5) is 0.889. The lowest BCUT2D eigenvalue weighted by Crippen LogP contribution is -2.11. The largest absolute Gasteiger partial charge is 0.238 e. The lowest BCUT2D eigenvalue weighted by molar-refractivity contribution is 0.596. The van der Waals surface area contributed by atoms with Crippen molar-refractivity contribution in [2.45, 2.75) is 29.4 Å². The van der Waals surface area contributed by atoms with Crippen LogP contribution in [0.25, 0.3) is 0 Å². The smallest absolute Gasteiger partial charge is 0.225 e. The SMILES string of the molecule is NS(=O)(=O)c1ccccc1.NS(=O)(=O)c1ccccc1.NS(=O)(=O)c1ccccc1.NS(=O)(=O)c1ccccc1.NS(=O)(=O)c1ccccc1.NS(=O)(=O)c1ccccc1. The van der Waals surface area contributed by atoms with Gasteiger partial charge in [0, 0.05) is 0 Å². The van der Waals surface area contributed by atoms with E-state index < -0.39 is 60.1 Å². The molecule has 18 nitrogen and oxygen atoms in total. The molecular formula is C36H42N6O12S6. The van der Waals surface area contributed by atoms with E-state index >= 15 is 0 Å². The fraction of sp³-hybridized carbons (Fsp3) is 0. The summed E-state index contributed by atoms with van der Waals surface area (Å²) in [5, 5.41) is 29.0. The van der Waals surface area contributed by atoms with E-state index in [-0.39, 0.29) is 29.4 Å². The number of hydrogen-bond donors (Lipinski definition) is 6. The zero-order valence-corrected chi connectivity index (χ0v) is 36.0. The van der Waals surface area contributed by atoms with E-state index in [9.17, 15) is 50.5 Å². The van der Waals surface area contributed by atoms with Crippen molar-refractivity contribution in [1.29, 1.82) is 0 Å². The Morgan fingerprint density at radius 2 is 0.267 bits per heavy atom. The molecule has 0 aromatic heterocycles. The molecule has 324 valence electrons. The van der Waals surface area contributed by atoms with Gasteiger partial charge in [-0.15, -0.1) is 0 Å². The molecule has 6 aromatic carbocycles. The van der Waals surface area contributed by atoms with Crippen molar-refractivity contribution in [2.24, 2.45) is 30.8 Å². The molecule has 24 heteroatoms. The molecule has 0 radical (unpaired) electrons. The van der Waals surface area contributed by atoms with Crippen LogP contribution in [0.2, 0.25) is 0 Å². The Hall–Kier alpha value is -5.22. The Morgan fingerprint density at radius 1 is 0.183 bits per heavy atom. The van der Waals surface area contributed by atoms with Crippen molar-refractivity contribution in [1.82, 2.24) is 0 Å². The molecule has 0 aliphatic rings. The predicted octanol–water partition coefficient (Wildman–Crippen LogP) is 2.00. The minimum Gasteiger partial charge on any atom is -0.225 e. The first-order valence-corrected chi connectivity index (χ1v) is 25.4. The molecule has 0 amide bonds. The van der Waals surface area contributed by atoms with E-state index in [0.717, 1.165) is 0 Å². The summed E-state index contributed by atoms with van der Waals surface area (Å²) in [5.41, 5.74) is 0. The van der Waals surface area contributed by atoms with Crippen molar-refractivity contribution in [2.75, 3.05) is 0 Å². The number of primary sulfonamides is 6. The fourth-order valence-electron chi connectivity index (χ4n) is 3.66. The van der Waals surface area contributed by atoms with Crippen LogP contribution < -0.4 is 30.8 Å². The quantitative estimate of drug-likeness (QED) is 0.140. The minimum atomic E-state index is -3.50. The maximum atomic E-state index is 10.6. The average molecular weight is 943 g/mol. The summed E-state index contributed by atoms with van der Waals surface area (Å²) in [6.07, 6.45) is 0. The summed E-state index contributed by atoms with van der Waals surface area (Å²) in [5.74, 6) is 0. The van der Waals surface area contributed by atoms with Gasteiger partial charge in [-0.1, -0.05) is 109 Å². The van der Waals surface area contributed by atoms with Crippen molar-refractivity contribution in [3.63, 3.8) is 0 Å². The minimum absolute atomic E-state index is 0.148. The monoisotopic (exact) mass is 942 g/mol. The molecule has 0 aliphatic carbocycles. The van der Waals surface area contributed by atoms with Gasteiger partial charge >= 0.3 is 0 Å². The highest BCUT2D eigenvalue weighted by atomic mass is 32.2. The van der Waals surface area contributed by atoms with Crippen LogP contribution in [0, 0.1) is 0 Å². The van der Waals surface area contributed by atoms with E-state index in [2.05, 4.69) is 0 Å². The molecule has 12 N–H and O–H groups in total. The van der Waals surface area contributed by atoms with Crippen LogP contribution in [0.3, 0.4) is 0 Å². The third kappa shape index (κ3) is 22.8. The standard InChI is InChI=1S/6C6H7NO2S/c6*7-10(8,9)6-4-2-1-3-5-6/h6*1-5H,(H2,7,8,9). The number of rotatable bonds is 6. The van der Waals surface area contributed by atoms with Crippen molar-refractivity contribution in [3.05, 3.63) is 182 Å². The molecule has 60 heavy (non-hydrogen) atoms. The zero-order valence-electron chi connectivity index (χ0n) is 31.1. The summed E-state index contributed by atoms with van der Waals surface area (Å²) in [6, 6.07) is 47.3. The van der Waals surface area contributed by atoms with Crippen LogP contribution in [-0.4, -0.2) is 50.5 Å². The highest BCUT2D eigenvalue weighted by Crippen LogP contribution is 2.07. The first-order chi connectivity index (χ1) is 27.6. The Labute approximate surface area is 350 Å². The van der Waals surface area contributed by atoms with E-state index in [4.69, 9.17) is 30.8 Å². The molecule has 0 saturated carbocycles. The average Bonchev–Trinajstić information content (AvgIpc) is 3.19. The van der Waals surface area contributed by atoms with Gasteiger partial charge in [0.25, 0.3) is 0 Å². The van der Waals surface area contributed by atoms with E-state index in [1.165, 1.54) is 72.8 Å². The van der Waals surface area contributed by atoms with Crippen LogP contribution in [0.5, 0.6) is 0 Å². The Bertz CT molecular complexity index is 2350. The number of sulfonamides is 6. The van der Waals surface area contributed by atoms with Gasteiger partial charge in [0.15, 0.2) is 0 Å². The van der Waals surface area contributed by atoms with Gasteiger partial charge in [0.05, 0.1) is 29.4 Å². The molecule has 0 bridgehead atoms. The highest BCUT2D eigenvalue weighted by Gasteiger charge is 2.07. The van der Waals surface area contributed by atoms with Crippen LogP contribution in [0.4, 0.5) is 0 Å². The fourth-order valence-corrected chi connectivity index (χ4v) is 6.88. The third-order valence-electron chi connectivity index (χ3n) is 6.43. The van der Waals surface area contributed by atoms with Gasteiger partial charge in [-0.25, -0.2) is 81.3 Å². The van der Waals surface area contributed by atoms with Crippen LogP contribution in [0.1, 0.15) is 0 Å². The molecule has 6 aromatic rings. The lowest BCUT2D eigenvalue weighted by atomic mass is 10.4. The Morgan fingerprint density at radius 3 is 0.317 bits per heavy atom. The normalized spacial score (nSPS) is 11.3. The molecule has 0 saturated heterocycles. The maximum absolute atomic E-state index is 10.6. The van der Waals surface area contributed by atoms with Crippen molar-refractivity contribution in [3.8, 4) is 0 Å². The maximum Gasteiger partial charge on any atom is 0.238 e. The van der Waals surface area contributed by atoms with E-state index in [1.807, 2.05) is 0 Å². The van der Waals surface area contributed by atoms with Crippen LogP contribution in [-0.2, 0) is 60.1 Å². The molecule has 0 atom stereocenters. The highest BCUT2D eigenvalue weighted by molar-refractivity contribution is 7.90. The van der Waals surface area contributed by atoms with Crippen molar-refractivity contribution >= 4 is 60.1 Å². The van der Waals surface area contributed by atoms with Gasteiger partial charge in [-0.05, 0) is 72.8 Å². The first kappa shape index (κ1) is 52.8. The molecule has 0 spiro atoms. The van der Waals surface area contributed by atoms with E-state index in [1.54, 1.807) is 109 Å². The summed E-state index contributed by atoms with van der Waals surface area (Å²) in [7, 11) is -21.0. The van der Waals surface area contributed by atoms with Gasteiger partial charge < -0.3 is 0 Å². The van der Waals surface area contributed by atoms with Gasteiger partial charge in [0.1, 0.15) is 0 Å². The topological polar surface area (TPSA) is 361 Å². The number of benzene rings is 6. The van der Waals surface area contributed by atoms with E-state index in [0.29, 0.717) is 0 Å². The van der Waals surface area contributed by atoms with Crippen molar-refractivity contribution < 1.29 is 50.5 Å². The second kappa shape index (κ2) is 24.1. The van der Waals surface area contributed by atoms with Crippen LogP contribution >= 0.6 is 0 Å². The summed E-state index contributed by atoms with van der Waals surface area (Å²) < 4.78 is 127. The predicted molar refractivity (Wildman–Crippen MR) is 227 cm³/mol. The molecule has 0 heterocycles. The Balaban J connectivity index is 0.000000360.